The number of rotatable bonds is 44. The van der Waals surface area contributed by atoms with E-state index in [0.717, 1.165) is 69.6 Å². The van der Waals surface area contributed by atoms with E-state index in [2.05, 4.69) is 34.6 Å². The van der Waals surface area contributed by atoms with Crippen LogP contribution in [0.15, 0.2) is 0 Å². The maximum atomic E-state index is 12.8. The minimum absolute atomic E-state index is 0.0647. The summed E-state index contributed by atoms with van der Waals surface area (Å²) in [7, 11) is 0. The summed E-state index contributed by atoms with van der Waals surface area (Å²) in [6.07, 6.45) is 42.2. The Morgan fingerprint density at radius 3 is 0.929 bits per heavy atom. The van der Waals surface area contributed by atoms with E-state index in [1.54, 1.807) is 0 Å². The zero-order valence-corrected chi connectivity index (χ0v) is 38.3. The van der Waals surface area contributed by atoms with Crippen molar-refractivity contribution in [2.45, 2.75) is 278 Å². The summed E-state index contributed by atoms with van der Waals surface area (Å²) < 4.78 is 16.8. The van der Waals surface area contributed by atoms with Gasteiger partial charge in [0.1, 0.15) is 13.2 Å². The third-order valence-electron chi connectivity index (χ3n) is 11.9. The number of unbranched alkanes of at least 4 members (excludes halogenated alkanes) is 27. The molecule has 0 aliphatic carbocycles. The number of ether oxygens (including phenoxy) is 3. The van der Waals surface area contributed by atoms with Crippen molar-refractivity contribution in [1.82, 2.24) is 0 Å². The van der Waals surface area contributed by atoms with E-state index in [4.69, 9.17) is 14.2 Å². The molecule has 0 aromatic carbocycles. The number of carbonyl (C=O) groups is 3. The number of esters is 3. The minimum atomic E-state index is -0.762. The van der Waals surface area contributed by atoms with E-state index in [9.17, 15) is 14.4 Å². The van der Waals surface area contributed by atoms with Gasteiger partial charge in [-0.05, 0) is 31.1 Å². The van der Waals surface area contributed by atoms with Crippen LogP contribution in [-0.2, 0) is 28.6 Å². The largest absolute Gasteiger partial charge is 0.462 e. The molecule has 0 aromatic rings. The summed E-state index contributed by atoms with van der Waals surface area (Å²) >= 11 is 0. The molecule has 0 fully saturated rings. The van der Waals surface area contributed by atoms with Crippen LogP contribution < -0.4 is 0 Å². The van der Waals surface area contributed by atoms with Crippen LogP contribution in [0.4, 0.5) is 0 Å². The summed E-state index contributed by atoms with van der Waals surface area (Å²) in [5.41, 5.74) is 0. The molecule has 0 aliphatic heterocycles. The van der Waals surface area contributed by atoms with E-state index >= 15 is 0 Å². The van der Waals surface area contributed by atoms with Crippen molar-refractivity contribution in [1.29, 1.82) is 0 Å². The van der Waals surface area contributed by atoms with Gasteiger partial charge in [-0.15, -0.1) is 0 Å². The highest BCUT2D eigenvalue weighted by molar-refractivity contribution is 5.71. The van der Waals surface area contributed by atoms with Gasteiger partial charge in [-0.25, -0.2) is 0 Å². The lowest BCUT2D eigenvalue weighted by molar-refractivity contribution is -0.167. The van der Waals surface area contributed by atoms with Gasteiger partial charge < -0.3 is 14.2 Å². The highest BCUT2D eigenvalue weighted by atomic mass is 16.6. The Morgan fingerprint density at radius 1 is 0.357 bits per heavy atom. The molecule has 0 N–H and O–H groups in total. The van der Waals surface area contributed by atoms with Crippen LogP contribution in [0.3, 0.4) is 0 Å². The maximum Gasteiger partial charge on any atom is 0.306 e. The molecule has 56 heavy (non-hydrogen) atoms. The smallest absolute Gasteiger partial charge is 0.306 e. The maximum absolute atomic E-state index is 12.8. The van der Waals surface area contributed by atoms with Crippen LogP contribution in [0.25, 0.3) is 0 Å². The summed E-state index contributed by atoms with van der Waals surface area (Å²) in [4.78, 5) is 37.8. The Morgan fingerprint density at radius 2 is 0.625 bits per heavy atom. The molecule has 2 unspecified atom stereocenters. The number of hydrogen-bond donors (Lipinski definition) is 0. The van der Waals surface area contributed by atoms with Crippen molar-refractivity contribution in [3.8, 4) is 0 Å². The minimum Gasteiger partial charge on any atom is -0.462 e. The first-order valence-corrected chi connectivity index (χ1v) is 24.8. The second-order valence-corrected chi connectivity index (χ2v) is 17.6. The van der Waals surface area contributed by atoms with Gasteiger partial charge in [0.05, 0.1) is 0 Å². The lowest BCUT2D eigenvalue weighted by Crippen LogP contribution is -2.30. The van der Waals surface area contributed by atoms with Gasteiger partial charge in [0.25, 0.3) is 0 Å². The fourth-order valence-corrected chi connectivity index (χ4v) is 7.39. The zero-order valence-electron chi connectivity index (χ0n) is 38.3. The molecule has 6 nitrogen and oxygen atoms in total. The van der Waals surface area contributed by atoms with Crippen molar-refractivity contribution >= 4 is 17.9 Å². The Hall–Kier alpha value is -1.59. The van der Waals surface area contributed by atoms with E-state index in [1.807, 2.05) is 0 Å². The molecule has 0 radical (unpaired) electrons. The first-order chi connectivity index (χ1) is 27.3. The van der Waals surface area contributed by atoms with Gasteiger partial charge in [-0.2, -0.15) is 0 Å². The fourth-order valence-electron chi connectivity index (χ4n) is 7.39. The summed E-state index contributed by atoms with van der Waals surface area (Å²) in [6, 6.07) is 0. The molecule has 0 saturated heterocycles. The quantitative estimate of drug-likeness (QED) is 0.0347. The zero-order chi connectivity index (χ0) is 41.2. The third-order valence-corrected chi connectivity index (χ3v) is 11.9. The molecular formula is C50H96O6. The molecule has 0 spiro atoms. The van der Waals surface area contributed by atoms with Crippen LogP contribution in [0.2, 0.25) is 0 Å². The van der Waals surface area contributed by atoms with Gasteiger partial charge in [-0.3, -0.25) is 14.4 Å². The van der Waals surface area contributed by atoms with E-state index in [0.29, 0.717) is 19.3 Å². The van der Waals surface area contributed by atoms with Gasteiger partial charge in [-0.1, -0.05) is 234 Å². The second-order valence-electron chi connectivity index (χ2n) is 17.6. The highest BCUT2D eigenvalue weighted by Gasteiger charge is 2.19. The van der Waals surface area contributed by atoms with Crippen LogP contribution >= 0.6 is 0 Å². The monoisotopic (exact) mass is 793 g/mol. The number of hydrogen-bond acceptors (Lipinski definition) is 6. The fraction of sp³-hybridized carbons (Fsp3) is 0.940. The van der Waals surface area contributed by atoms with Gasteiger partial charge in [0.2, 0.25) is 0 Å². The molecule has 0 rings (SSSR count). The molecule has 0 aliphatic rings. The van der Waals surface area contributed by atoms with Crippen LogP contribution in [0.1, 0.15) is 272 Å². The molecule has 0 bridgehead atoms. The van der Waals surface area contributed by atoms with Gasteiger partial charge >= 0.3 is 17.9 Å². The Labute approximate surface area is 348 Å². The molecule has 0 amide bonds. The van der Waals surface area contributed by atoms with E-state index < -0.39 is 6.10 Å². The molecule has 6 heteroatoms. The van der Waals surface area contributed by atoms with Crippen molar-refractivity contribution < 1.29 is 28.6 Å². The highest BCUT2D eigenvalue weighted by Crippen LogP contribution is 2.18. The predicted molar refractivity (Wildman–Crippen MR) is 238 cm³/mol. The van der Waals surface area contributed by atoms with Crippen LogP contribution in [0, 0.1) is 11.8 Å². The van der Waals surface area contributed by atoms with Crippen molar-refractivity contribution in [3.63, 3.8) is 0 Å². The second kappa shape index (κ2) is 43.0. The molecule has 0 heterocycles. The SMILES string of the molecule is CCCCCCCCCCCCCCCCC(=O)OC[C@H](COC(=O)CCCCCCCCC(C)CC)OC(=O)CCCCCCCCCCCCC(C)CC. The van der Waals surface area contributed by atoms with Crippen molar-refractivity contribution in [2.75, 3.05) is 13.2 Å². The van der Waals surface area contributed by atoms with Crippen LogP contribution in [-0.4, -0.2) is 37.2 Å². The predicted octanol–water partition coefficient (Wildman–Crippen LogP) is 15.8. The summed E-state index contributed by atoms with van der Waals surface area (Å²) in [5, 5.41) is 0. The third kappa shape index (κ3) is 40.6. The lowest BCUT2D eigenvalue weighted by Gasteiger charge is -2.18. The first-order valence-electron chi connectivity index (χ1n) is 24.8. The van der Waals surface area contributed by atoms with Crippen molar-refractivity contribution in [2.24, 2.45) is 11.8 Å². The standard InChI is InChI=1S/C50H96O6/c1-6-9-10-11-12-13-14-15-16-17-21-24-30-35-40-48(51)54-43-47(44-55-49(52)41-36-31-27-26-29-34-39-46(5)8-3)56-50(53)42-37-32-25-22-19-18-20-23-28-33-38-45(4)7-2/h45-47H,6-44H2,1-5H3/t45?,46?,47-/m1/s1. The topological polar surface area (TPSA) is 78.9 Å². The molecular weight excluding hydrogens is 697 g/mol. The molecule has 332 valence electrons. The summed E-state index contributed by atoms with van der Waals surface area (Å²) in [6.45, 7) is 11.4. The Bertz CT molecular complexity index is 858. The Kier molecular flexibility index (Phi) is 41.8. The first kappa shape index (κ1) is 54.4. The lowest BCUT2D eigenvalue weighted by atomic mass is 9.99. The molecule has 3 atom stereocenters. The Balaban J connectivity index is 4.33. The van der Waals surface area contributed by atoms with Gasteiger partial charge in [0.15, 0.2) is 6.10 Å². The van der Waals surface area contributed by atoms with Crippen LogP contribution in [0.5, 0.6) is 0 Å². The molecule has 0 saturated carbocycles. The van der Waals surface area contributed by atoms with Crippen molar-refractivity contribution in [3.05, 3.63) is 0 Å². The number of carbonyl (C=O) groups excluding carboxylic acids is 3. The average molecular weight is 793 g/mol. The van der Waals surface area contributed by atoms with E-state index in [-0.39, 0.29) is 31.1 Å². The normalized spacial score (nSPS) is 13.0. The summed E-state index contributed by atoms with van der Waals surface area (Å²) in [5.74, 6) is 0.827. The van der Waals surface area contributed by atoms with Gasteiger partial charge in [0, 0.05) is 19.3 Å². The average Bonchev–Trinajstić information content (AvgIpc) is 3.19. The molecule has 0 aromatic heterocycles. The van der Waals surface area contributed by atoms with E-state index in [1.165, 1.54) is 161 Å².